The van der Waals surface area contributed by atoms with E-state index >= 15 is 0 Å². The van der Waals surface area contributed by atoms with Crippen LogP contribution in [0.5, 0.6) is 0 Å². The largest absolute Gasteiger partial charge is 0.356 e. The molecule has 22 heteroatoms. The summed E-state index contributed by atoms with van der Waals surface area (Å²) in [5.74, 6) is 1.82. The Kier molecular flexibility index (Phi) is 25.1. The molecule has 5 heterocycles. The summed E-state index contributed by atoms with van der Waals surface area (Å²) in [6.45, 7) is 2.37. The summed E-state index contributed by atoms with van der Waals surface area (Å²) < 4.78 is 0.950. The molecule has 10 N–H and O–H groups in total. The third kappa shape index (κ3) is 20.6. The monoisotopic (exact) mass is 1130 g/mol. The van der Waals surface area contributed by atoms with Gasteiger partial charge in [-0.2, -0.15) is 23.5 Å². The molecule has 1 aliphatic carbocycles. The Hall–Kier alpha value is -5.48. The van der Waals surface area contributed by atoms with Crippen molar-refractivity contribution in [3.8, 4) is 10.6 Å². The van der Waals surface area contributed by atoms with E-state index in [1.165, 1.54) is 0 Å². The summed E-state index contributed by atoms with van der Waals surface area (Å²) in [5.41, 5.74) is 2.55. The normalized spacial score (nSPS) is 20.3. The number of H-pyrrole nitrogens is 1. The number of rotatable bonds is 35. The van der Waals surface area contributed by atoms with E-state index in [0.29, 0.717) is 99.1 Å². The molecule has 1 aromatic rings. The first kappa shape index (κ1) is 60.2. The van der Waals surface area contributed by atoms with Gasteiger partial charge < -0.3 is 47.9 Å². The summed E-state index contributed by atoms with van der Waals surface area (Å²) in [7, 11) is 0. The fourth-order valence-electron chi connectivity index (χ4n) is 10.4. The van der Waals surface area contributed by atoms with Gasteiger partial charge in [-0.15, -0.1) is 11.3 Å². The summed E-state index contributed by atoms with van der Waals surface area (Å²) in [6, 6.07) is 12.1. The summed E-state index contributed by atoms with van der Waals surface area (Å²) >= 11 is 5.35. The number of carbonyl (C=O) groups is 8. The molecule has 5 aliphatic heterocycles. The average Bonchev–Trinajstić information content (AvgIpc) is 4.21. The molecule has 0 bridgehead atoms. The fraction of sp³-hybridized carbons (Fsp3) is 0.643. The maximum Gasteiger partial charge on any atom is 0.315 e. The number of nitrogens with zero attached hydrogens (tertiary/aromatic N) is 1. The quantitative estimate of drug-likeness (QED) is 0.0179. The number of benzene rings is 2. The van der Waals surface area contributed by atoms with Gasteiger partial charge in [-0.05, 0) is 101 Å². The van der Waals surface area contributed by atoms with Crippen LogP contribution in [0.2, 0.25) is 0 Å². The molecule has 0 aromatic heterocycles. The van der Waals surface area contributed by atoms with E-state index in [0.717, 1.165) is 135 Å². The number of unbranched alkanes of at least 4 members (excludes halogenated alkanes) is 10. The van der Waals surface area contributed by atoms with Crippen LogP contribution in [0, 0.1) is 0 Å². The Bertz CT molecular complexity index is 2550. The molecule has 4 saturated heterocycles. The van der Waals surface area contributed by atoms with Gasteiger partial charge in [-0.3, -0.25) is 28.8 Å². The van der Waals surface area contributed by atoms with E-state index in [1.807, 2.05) is 59.9 Å². The number of nitrogens with one attached hydrogen (secondary N) is 10. The Balaban J connectivity index is 0.656. The van der Waals surface area contributed by atoms with E-state index in [4.69, 9.17) is 0 Å². The molecule has 19 nitrogen and oxygen atoms in total. The molecule has 4 fully saturated rings. The van der Waals surface area contributed by atoms with Crippen molar-refractivity contribution in [2.24, 2.45) is 4.99 Å². The molecular weight excluding hydrogens is 1050 g/mol. The second-order valence-corrected chi connectivity index (χ2v) is 24.7. The minimum absolute atomic E-state index is 0.0215. The van der Waals surface area contributed by atoms with Gasteiger partial charge in [0.1, 0.15) is 9.58 Å². The first-order valence-corrected chi connectivity index (χ1v) is 31.6. The van der Waals surface area contributed by atoms with Crippen LogP contribution in [0.4, 0.5) is 15.3 Å². The van der Waals surface area contributed by atoms with Crippen molar-refractivity contribution in [2.45, 2.75) is 189 Å². The Morgan fingerprint density at radius 3 is 1.47 bits per heavy atom. The van der Waals surface area contributed by atoms with E-state index in [2.05, 4.69) is 57.8 Å². The number of carbonyl (C=O) groups excluding carboxylic acids is 8. The molecule has 0 unspecified atom stereocenters. The lowest BCUT2D eigenvalue weighted by molar-refractivity contribution is -0.330. The van der Waals surface area contributed by atoms with E-state index in [9.17, 15) is 38.4 Å². The van der Waals surface area contributed by atoms with Gasteiger partial charge in [-0.25, -0.2) is 19.6 Å². The second-order valence-electron chi connectivity index (χ2n) is 21.0. The highest BCUT2D eigenvalue weighted by Gasteiger charge is 2.43. The number of fused-ring (bicyclic) bond motifs is 4. The first-order chi connectivity index (χ1) is 37.9. The zero-order chi connectivity index (χ0) is 54.9. The van der Waals surface area contributed by atoms with Crippen LogP contribution in [0.25, 0.3) is 20.8 Å². The highest BCUT2D eigenvalue weighted by Crippen LogP contribution is 2.34. The minimum atomic E-state index is -0.187. The molecule has 10 amide bonds. The van der Waals surface area contributed by atoms with Crippen molar-refractivity contribution >= 4 is 98.3 Å². The third-order valence-corrected chi connectivity index (χ3v) is 18.9. The maximum atomic E-state index is 12.8. The molecular formula is C56H82N11O8S3+. The zero-order valence-electron chi connectivity index (χ0n) is 45.1. The van der Waals surface area contributed by atoms with Crippen molar-refractivity contribution in [3.05, 3.63) is 41.8 Å². The van der Waals surface area contributed by atoms with Gasteiger partial charge in [0.05, 0.1) is 29.5 Å². The standard InChI is InChI=1S/C56H81N11O8S3/c68-47(19-5-1-13-29-59-49(70)21-11-9-17-43-53-41(35-76-43)64-55(74)66-53)57-31-15-3-7-23-51(72)61-37-25-27-39-45(33-37)78-46-34-38(26-28-40(46)63-39)62-52(73)24-8-4-16-32-58-48(69)20-6-2-14-30-60-50(71)22-12-10-18-44-54-42(36-77-44)65-56(75)67-54/h25-28,33-34,41-44,53-54H,1-24,29-32,35-36H2,(H,57,68)(H,58,69)(H,59,70)(H,60,71)(H,61,72)(H2,64,66,74)(H2,65,67,75)/p+1/t41-,42-,43-,44-,53-,54-/m0/s1. The Labute approximate surface area is 470 Å². The number of hydrogen-bond donors (Lipinski definition) is 9. The average molecular weight is 1130 g/mol. The maximum absolute atomic E-state index is 12.8. The van der Waals surface area contributed by atoms with Crippen molar-refractivity contribution in [2.75, 3.05) is 43.0 Å². The number of aromatic nitrogens is 1. The smallest absolute Gasteiger partial charge is 0.315 e. The van der Waals surface area contributed by atoms with Gasteiger partial charge >= 0.3 is 12.1 Å². The van der Waals surface area contributed by atoms with Crippen molar-refractivity contribution in [3.63, 3.8) is 0 Å². The molecule has 6 atom stereocenters. The van der Waals surface area contributed by atoms with E-state index in [-0.39, 0.29) is 71.7 Å². The fourth-order valence-corrected chi connectivity index (χ4v) is 14.5. The lowest BCUT2D eigenvalue weighted by Crippen LogP contribution is -2.36. The van der Waals surface area contributed by atoms with E-state index in [1.54, 1.807) is 11.3 Å². The van der Waals surface area contributed by atoms with Gasteiger partial charge in [0.25, 0.3) is 0 Å². The lowest BCUT2D eigenvalue weighted by atomic mass is 10.0. The summed E-state index contributed by atoms with van der Waals surface area (Å²) in [5, 5.41) is 28.3. The van der Waals surface area contributed by atoms with Gasteiger partial charge in [0.15, 0.2) is 0 Å². The van der Waals surface area contributed by atoms with Crippen LogP contribution in [0.3, 0.4) is 0 Å². The highest BCUT2D eigenvalue weighted by molar-refractivity contribution is 8.00. The molecule has 0 radical (unpaired) electrons. The summed E-state index contributed by atoms with van der Waals surface area (Å²) in [6.07, 6.45) is 17.8. The molecule has 0 spiro atoms. The van der Waals surface area contributed by atoms with E-state index < -0.39 is 0 Å². The SMILES string of the molecule is O=C(CCCCCNC(=O)CCCCCNC(=O)CCCC[C@@H]1SC[C@@H]2NC(=O)N[C@@H]21)N=c1ccc2[nH+]c3ccc(NC(=O)CCCCCNC(=O)CCCCCNC(=O)CCCC[C@@H]4SC[C@@H]5NC(=O)N[C@@H]54)cc3sc-2c1. The van der Waals surface area contributed by atoms with Crippen LogP contribution in [-0.4, -0.2) is 120 Å². The van der Waals surface area contributed by atoms with Crippen molar-refractivity contribution in [1.82, 2.24) is 42.5 Å². The topological polar surface area (TPSA) is 271 Å². The van der Waals surface area contributed by atoms with Crippen molar-refractivity contribution in [1.29, 1.82) is 0 Å². The molecule has 6 aliphatic rings. The van der Waals surface area contributed by atoms with Crippen LogP contribution >= 0.6 is 34.9 Å². The third-order valence-electron chi connectivity index (χ3n) is 14.7. The van der Waals surface area contributed by atoms with Crippen LogP contribution < -0.4 is 58.2 Å². The molecule has 78 heavy (non-hydrogen) atoms. The Morgan fingerprint density at radius 1 is 0.513 bits per heavy atom. The first-order valence-electron chi connectivity index (χ1n) is 28.7. The lowest BCUT2D eigenvalue weighted by Gasteiger charge is -2.16. The van der Waals surface area contributed by atoms with Gasteiger partial charge in [0.2, 0.25) is 46.7 Å². The number of anilines is 1. The number of aromatic amines is 1. The summed E-state index contributed by atoms with van der Waals surface area (Å²) in [4.78, 5) is 107. The number of amides is 10. The van der Waals surface area contributed by atoms with Crippen LogP contribution in [0.15, 0.2) is 41.4 Å². The number of urea groups is 2. The molecule has 7 rings (SSSR count). The van der Waals surface area contributed by atoms with Crippen molar-refractivity contribution < 1.29 is 43.3 Å². The minimum Gasteiger partial charge on any atom is -0.356 e. The molecule has 0 saturated carbocycles. The van der Waals surface area contributed by atoms with Crippen LogP contribution in [-0.2, 0) is 28.8 Å². The zero-order valence-corrected chi connectivity index (χ0v) is 47.5. The molecule has 426 valence electrons. The predicted octanol–water partition coefficient (Wildman–Crippen LogP) is 6.34. The number of thioether (sulfide) groups is 2. The Morgan fingerprint density at radius 2 is 0.974 bits per heavy atom. The predicted molar refractivity (Wildman–Crippen MR) is 308 cm³/mol. The second kappa shape index (κ2) is 32.6. The molecule has 1 aromatic carbocycles. The highest BCUT2D eigenvalue weighted by atomic mass is 32.2. The van der Waals surface area contributed by atoms with Crippen LogP contribution in [0.1, 0.15) is 154 Å². The number of hydrogen-bond acceptors (Lipinski definition) is 11. The van der Waals surface area contributed by atoms with Gasteiger partial charge in [-0.1, -0.05) is 38.5 Å². The van der Waals surface area contributed by atoms with Gasteiger partial charge in [0, 0.05) is 105 Å².